The lowest BCUT2D eigenvalue weighted by Crippen LogP contribution is -2.38. The first kappa shape index (κ1) is 16.9. The predicted octanol–water partition coefficient (Wildman–Crippen LogP) is 3.30. The van der Waals surface area contributed by atoms with Gasteiger partial charge in [0.25, 0.3) is 5.56 Å². The third-order valence-corrected chi connectivity index (χ3v) is 5.20. The second-order valence-corrected chi connectivity index (χ2v) is 6.63. The fraction of sp³-hybridized carbons (Fsp3) is 0.250. The van der Waals surface area contributed by atoms with Crippen molar-refractivity contribution in [2.75, 3.05) is 13.7 Å². The minimum Gasteiger partial charge on any atom is -0.495 e. The Morgan fingerprint density at radius 1 is 1.38 bits per heavy atom. The molecular formula is C16H14BrClN2O4. The maximum Gasteiger partial charge on any atom is 0.407 e. The van der Waals surface area contributed by atoms with Gasteiger partial charge in [-0.1, -0.05) is 11.6 Å². The van der Waals surface area contributed by atoms with Gasteiger partial charge in [-0.05, 0) is 39.7 Å². The first-order chi connectivity index (χ1) is 11.4. The maximum absolute atomic E-state index is 12.5. The largest absolute Gasteiger partial charge is 0.495 e. The molecule has 0 bridgehead atoms. The van der Waals surface area contributed by atoms with Crippen LogP contribution in [-0.4, -0.2) is 34.3 Å². The SMILES string of the molecule is COc1cc(Br)c(Cl)cc1-n1c2c(ccc1=O)CN(C(=O)O)CC2. The van der Waals surface area contributed by atoms with Crippen LogP contribution >= 0.6 is 27.5 Å². The zero-order valence-corrected chi connectivity index (χ0v) is 15.1. The molecule has 0 atom stereocenters. The lowest BCUT2D eigenvalue weighted by Gasteiger charge is -2.28. The number of fused-ring (bicyclic) bond motifs is 1. The highest BCUT2D eigenvalue weighted by Gasteiger charge is 2.24. The molecule has 8 heteroatoms. The summed E-state index contributed by atoms with van der Waals surface area (Å²) in [5.74, 6) is 0.502. The number of nitrogens with zero attached hydrogens (tertiary/aromatic N) is 2. The molecule has 0 radical (unpaired) electrons. The van der Waals surface area contributed by atoms with Gasteiger partial charge < -0.3 is 14.7 Å². The average molecular weight is 414 g/mol. The molecule has 2 aromatic rings. The quantitative estimate of drug-likeness (QED) is 0.820. The van der Waals surface area contributed by atoms with Gasteiger partial charge in [0.15, 0.2) is 0 Å². The molecule has 1 aromatic carbocycles. The van der Waals surface area contributed by atoms with Gasteiger partial charge in [-0.15, -0.1) is 0 Å². The normalized spacial score (nSPS) is 13.5. The van der Waals surface area contributed by atoms with Crippen molar-refractivity contribution in [1.82, 2.24) is 9.47 Å². The lowest BCUT2D eigenvalue weighted by molar-refractivity contribution is 0.139. The van der Waals surface area contributed by atoms with Crippen LogP contribution in [0.3, 0.4) is 0 Å². The van der Waals surface area contributed by atoms with Crippen LogP contribution in [0, 0.1) is 0 Å². The number of aromatic nitrogens is 1. The summed E-state index contributed by atoms with van der Waals surface area (Å²) in [6, 6.07) is 6.47. The van der Waals surface area contributed by atoms with E-state index >= 15 is 0 Å². The second-order valence-electron chi connectivity index (χ2n) is 5.37. The second kappa shape index (κ2) is 6.49. The van der Waals surface area contributed by atoms with E-state index in [-0.39, 0.29) is 12.1 Å². The van der Waals surface area contributed by atoms with Gasteiger partial charge in [0.1, 0.15) is 5.75 Å². The number of carbonyl (C=O) groups is 1. The fourth-order valence-electron chi connectivity index (χ4n) is 2.84. The Kier molecular flexibility index (Phi) is 4.56. The molecule has 0 spiro atoms. The molecule has 0 saturated heterocycles. The number of ether oxygens (including phenoxy) is 1. The maximum atomic E-state index is 12.5. The average Bonchev–Trinajstić information content (AvgIpc) is 2.56. The number of carboxylic acid groups (broad SMARTS) is 1. The standard InChI is InChI=1S/C16H14BrClN2O4/c1-24-14-6-10(17)11(18)7-13(14)20-12-4-5-19(16(22)23)8-9(12)2-3-15(20)21/h2-3,6-7H,4-5,8H2,1H3,(H,22,23). The molecule has 1 aromatic heterocycles. The van der Waals surface area contributed by atoms with Crippen molar-refractivity contribution >= 4 is 33.6 Å². The monoisotopic (exact) mass is 412 g/mol. The van der Waals surface area contributed by atoms with Crippen LogP contribution in [-0.2, 0) is 13.0 Å². The lowest BCUT2D eigenvalue weighted by atomic mass is 10.0. The highest BCUT2D eigenvalue weighted by Crippen LogP contribution is 2.34. The molecule has 2 heterocycles. The van der Waals surface area contributed by atoms with E-state index in [9.17, 15) is 9.59 Å². The number of halogens is 2. The third kappa shape index (κ3) is 2.89. The molecule has 3 rings (SSSR count). The van der Waals surface area contributed by atoms with Crippen molar-refractivity contribution in [2.45, 2.75) is 13.0 Å². The Bertz CT molecular complexity index is 881. The molecule has 1 amide bonds. The first-order valence-corrected chi connectivity index (χ1v) is 8.34. The summed E-state index contributed by atoms with van der Waals surface area (Å²) in [7, 11) is 1.52. The van der Waals surface area contributed by atoms with Crippen LogP contribution in [0.15, 0.2) is 33.5 Å². The van der Waals surface area contributed by atoms with Gasteiger partial charge in [-0.25, -0.2) is 4.79 Å². The number of pyridine rings is 1. The highest BCUT2D eigenvalue weighted by molar-refractivity contribution is 9.10. The van der Waals surface area contributed by atoms with Crippen molar-refractivity contribution in [1.29, 1.82) is 0 Å². The zero-order valence-electron chi connectivity index (χ0n) is 12.8. The zero-order chi connectivity index (χ0) is 17.4. The van der Waals surface area contributed by atoms with Crippen molar-refractivity contribution in [3.8, 4) is 11.4 Å². The minimum absolute atomic E-state index is 0.214. The van der Waals surface area contributed by atoms with Crippen LogP contribution in [0.5, 0.6) is 5.75 Å². The van der Waals surface area contributed by atoms with Crippen LogP contribution in [0.1, 0.15) is 11.3 Å². The van der Waals surface area contributed by atoms with Gasteiger partial charge in [0.05, 0.1) is 24.4 Å². The third-order valence-electron chi connectivity index (χ3n) is 4.00. The molecule has 126 valence electrons. The van der Waals surface area contributed by atoms with Gasteiger partial charge in [-0.2, -0.15) is 0 Å². The van der Waals surface area contributed by atoms with Crippen molar-refractivity contribution in [2.24, 2.45) is 0 Å². The molecule has 0 fully saturated rings. The van der Waals surface area contributed by atoms with Crippen LogP contribution in [0.2, 0.25) is 5.02 Å². The number of hydrogen-bond donors (Lipinski definition) is 1. The van der Waals surface area contributed by atoms with Crippen LogP contribution in [0.4, 0.5) is 4.79 Å². The van der Waals surface area contributed by atoms with Crippen LogP contribution < -0.4 is 10.3 Å². The van der Waals surface area contributed by atoms with E-state index in [1.807, 2.05) is 0 Å². The van der Waals surface area contributed by atoms with E-state index in [2.05, 4.69) is 15.9 Å². The van der Waals surface area contributed by atoms with E-state index in [4.69, 9.17) is 21.4 Å². The summed E-state index contributed by atoms with van der Waals surface area (Å²) in [5, 5.41) is 9.63. The van der Waals surface area contributed by atoms with E-state index < -0.39 is 6.09 Å². The summed E-state index contributed by atoms with van der Waals surface area (Å²) in [4.78, 5) is 25.0. The van der Waals surface area contributed by atoms with Gasteiger partial charge in [-0.3, -0.25) is 9.36 Å². The molecule has 0 unspecified atom stereocenters. The smallest absolute Gasteiger partial charge is 0.407 e. The summed E-state index contributed by atoms with van der Waals surface area (Å²) < 4.78 is 7.60. The first-order valence-electron chi connectivity index (χ1n) is 7.17. The molecule has 0 aliphatic carbocycles. The summed E-state index contributed by atoms with van der Waals surface area (Å²) in [5.41, 5.74) is 1.89. The van der Waals surface area contributed by atoms with Crippen molar-refractivity contribution in [3.63, 3.8) is 0 Å². The fourth-order valence-corrected chi connectivity index (χ4v) is 3.33. The van der Waals surface area contributed by atoms with E-state index in [0.29, 0.717) is 33.9 Å². The molecule has 1 aliphatic heterocycles. The Balaban J connectivity index is 2.20. The van der Waals surface area contributed by atoms with E-state index in [1.54, 1.807) is 22.8 Å². The van der Waals surface area contributed by atoms with Crippen molar-refractivity contribution in [3.05, 3.63) is 55.4 Å². The number of rotatable bonds is 2. The number of hydrogen-bond acceptors (Lipinski definition) is 3. The highest BCUT2D eigenvalue weighted by atomic mass is 79.9. The number of benzene rings is 1. The Morgan fingerprint density at radius 3 is 2.79 bits per heavy atom. The van der Waals surface area contributed by atoms with Crippen molar-refractivity contribution < 1.29 is 14.6 Å². The Labute approximate surface area is 151 Å². The predicted molar refractivity (Wildman–Crippen MR) is 93.4 cm³/mol. The molecule has 6 nitrogen and oxygen atoms in total. The summed E-state index contributed by atoms with van der Waals surface area (Å²) in [6.07, 6.45) is -0.531. The summed E-state index contributed by atoms with van der Waals surface area (Å²) >= 11 is 9.53. The van der Waals surface area contributed by atoms with Gasteiger partial charge in [0, 0.05) is 29.2 Å². The number of methoxy groups -OCH3 is 1. The number of amides is 1. The Hall–Kier alpha value is -1.99. The Morgan fingerprint density at radius 2 is 2.12 bits per heavy atom. The molecule has 1 N–H and O–H groups in total. The topological polar surface area (TPSA) is 71.8 Å². The van der Waals surface area contributed by atoms with Gasteiger partial charge >= 0.3 is 6.09 Å². The van der Waals surface area contributed by atoms with E-state index in [0.717, 1.165) is 11.3 Å². The molecule has 24 heavy (non-hydrogen) atoms. The molecule has 0 saturated carbocycles. The molecule has 1 aliphatic rings. The summed E-state index contributed by atoms with van der Waals surface area (Å²) in [6.45, 7) is 0.579. The minimum atomic E-state index is -0.970. The van der Waals surface area contributed by atoms with Gasteiger partial charge in [0.2, 0.25) is 0 Å². The van der Waals surface area contributed by atoms with Crippen LogP contribution in [0.25, 0.3) is 5.69 Å². The van der Waals surface area contributed by atoms with E-state index in [1.165, 1.54) is 18.1 Å². The molecular weight excluding hydrogens is 400 g/mol.